The van der Waals surface area contributed by atoms with Crippen molar-refractivity contribution in [1.29, 1.82) is 0 Å². The molecule has 0 N–H and O–H groups in total. The third-order valence-electron chi connectivity index (χ3n) is 2.39. The maximum absolute atomic E-state index is 11.9. The van der Waals surface area contributed by atoms with Crippen LogP contribution in [0.3, 0.4) is 0 Å². The molecule has 0 aliphatic carbocycles. The number of Topliss-reactive ketones (excluding diaryl/α,β-unsaturated/α-hetero) is 1. The number of ketones is 1. The molecule has 0 rings (SSSR count). The molecule has 18 heavy (non-hydrogen) atoms. The number of hydrogen-bond donors (Lipinski definition) is 0. The normalized spacial score (nSPS) is 12.5. The summed E-state index contributed by atoms with van der Waals surface area (Å²) in [6.07, 6.45) is 1.94. The van der Waals surface area contributed by atoms with E-state index in [9.17, 15) is 9.59 Å². The van der Waals surface area contributed by atoms with Gasteiger partial charge in [0, 0.05) is 13.2 Å². The summed E-state index contributed by atoms with van der Waals surface area (Å²) in [5.74, 6) is -1.42. The number of carbonyl (C=O) groups is 2. The largest absolute Gasteiger partial charge is 0.465 e. The molecule has 0 spiro atoms. The second-order valence-corrected chi connectivity index (χ2v) is 4.44. The summed E-state index contributed by atoms with van der Waals surface area (Å²) >= 11 is 0. The summed E-state index contributed by atoms with van der Waals surface area (Å²) in [7, 11) is 3.63. The second-order valence-electron chi connectivity index (χ2n) is 4.44. The minimum absolute atomic E-state index is 0.0165. The molecule has 1 unspecified atom stereocenters. The van der Waals surface area contributed by atoms with Crippen molar-refractivity contribution in [3.05, 3.63) is 0 Å². The molecule has 0 aromatic heterocycles. The van der Waals surface area contributed by atoms with Crippen LogP contribution in [0.2, 0.25) is 0 Å². The van der Waals surface area contributed by atoms with Crippen molar-refractivity contribution < 1.29 is 19.1 Å². The molecule has 0 saturated carbocycles. The number of hydrogen-bond acceptors (Lipinski definition) is 5. The van der Waals surface area contributed by atoms with Crippen molar-refractivity contribution >= 4 is 11.8 Å². The van der Waals surface area contributed by atoms with Gasteiger partial charge in [-0.3, -0.25) is 9.59 Å². The van der Waals surface area contributed by atoms with Crippen molar-refractivity contribution in [3.8, 4) is 0 Å². The van der Waals surface area contributed by atoms with Gasteiger partial charge in [0.25, 0.3) is 0 Å². The molecular weight excluding hydrogens is 234 g/mol. The number of esters is 1. The van der Waals surface area contributed by atoms with E-state index in [1.165, 1.54) is 0 Å². The first kappa shape index (κ1) is 17.1. The number of rotatable bonds is 10. The highest BCUT2D eigenvalue weighted by Crippen LogP contribution is 2.05. The van der Waals surface area contributed by atoms with Crippen molar-refractivity contribution in [3.63, 3.8) is 0 Å². The molecule has 0 bridgehead atoms. The summed E-state index contributed by atoms with van der Waals surface area (Å²) in [4.78, 5) is 25.4. The number of ether oxygens (including phenoxy) is 2. The van der Waals surface area contributed by atoms with Crippen LogP contribution in [0.25, 0.3) is 0 Å². The average molecular weight is 259 g/mol. The molecular formula is C13H25NO4. The van der Waals surface area contributed by atoms with Crippen LogP contribution < -0.4 is 0 Å². The predicted octanol–water partition coefficient (Wildman–Crippen LogP) is 1.11. The Balaban J connectivity index is 4.26. The van der Waals surface area contributed by atoms with Gasteiger partial charge in [0.2, 0.25) is 0 Å². The molecule has 106 valence electrons. The Kier molecular flexibility index (Phi) is 9.50. The fourth-order valence-electron chi connectivity index (χ4n) is 1.44. The zero-order chi connectivity index (χ0) is 14.0. The lowest BCUT2D eigenvalue weighted by molar-refractivity contribution is -0.153. The summed E-state index contributed by atoms with van der Waals surface area (Å²) < 4.78 is 10.2. The van der Waals surface area contributed by atoms with Gasteiger partial charge in [0.15, 0.2) is 5.78 Å². The lowest BCUT2D eigenvalue weighted by Crippen LogP contribution is -2.37. The number of carbonyl (C=O) groups excluding carboxylic acids is 2. The van der Waals surface area contributed by atoms with E-state index in [0.717, 1.165) is 12.8 Å². The molecule has 0 radical (unpaired) electrons. The second kappa shape index (κ2) is 10.0. The molecule has 0 heterocycles. The molecule has 0 aromatic rings. The van der Waals surface area contributed by atoms with E-state index < -0.39 is 11.9 Å². The van der Waals surface area contributed by atoms with Crippen molar-refractivity contribution in [2.45, 2.75) is 26.7 Å². The van der Waals surface area contributed by atoms with Gasteiger partial charge in [0.05, 0.1) is 6.61 Å². The minimum atomic E-state index is -0.749. The third-order valence-corrected chi connectivity index (χ3v) is 2.39. The molecule has 0 aromatic carbocycles. The zero-order valence-corrected chi connectivity index (χ0v) is 11.9. The quantitative estimate of drug-likeness (QED) is 0.334. The Bertz CT molecular complexity index is 253. The van der Waals surface area contributed by atoms with Gasteiger partial charge >= 0.3 is 5.97 Å². The topological polar surface area (TPSA) is 55.8 Å². The Hall–Kier alpha value is -0.940. The SMILES string of the molecule is CCCCOCC(=O)C(CN(C)C)C(=O)OCC. The minimum Gasteiger partial charge on any atom is -0.465 e. The van der Waals surface area contributed by atoms with Crippen molar-refractivity contribution in [1.82, 2.24) is 4.90 Å². The molecule has 0 aliphatic heterocycles. The maximum Gasteiger partial charge on any atom is 0.317 e. The number of unbranched alkanes of at least 4 members (excludes halogenated alkanes) is 1. The van der Waals surface area contributed by atoms with Crippen molar-refractivity contribution in [2.75, 3.05) is 40.5 Å². The van der Waals surface area contributed by atoms with E-state index in [2.05, 4.69) is 6.92 Å². The molecule has 5 nitrogen and oxygen atoms in total. The van der Waals surface area contributed by atoms with Gasteiger partial charge in [-0.15, -0.1) is 0 Å². The third kappa shape index (κ3) is 7.40. The lowest BCUT2D eigenvalue weighted by Gasteiger charge is -2.18. The fraction of sp³-hybridized carbons (Fsp3) is 0.846. The van der Waals surface area contributed by atoms with Gasteiger partial charge in [-0.2, -0.15) is 0 Å². The summed E-state index contributed by atoms with van der Waals surface area (Å²) in [5.41, 5.74) is 0. The van der Waals surface area contributed by atoms with Crippen LogP contribution in [0, 0.1) is 5.92 Å². The van der Waals surface area contributed by atoms with Crippen LogP contribution in [0.4, 0.5) is 0 Å². The Morgan fingerprint density at radius 3 is 2.39 bits per heavy atom. The highest BCUT2D eigenvalue weighted by molar-refractivity contribution is 5.99. The molecule has 0 fully saturated rings. The summed E-state index contributed by atoms with van der Waals surface area (Å²) in [6, 6.07) is 0. The molecule has 0 aliphatic rings. The van der Waals surface area contributed by atoms with Crippen LogP contribution >= 0.6 is 0 Å². The van der Waals surface area contributed by atoms with Gasteiger partial charge in [-0.25, -0.2) is 0 Å². The Morgan fingerprint density at radius 2 is 1.89 bits per heavy atom. The standard InChI is InChI=1S/C13H25NO4/c1-5-7-8-17-10-12(15)11(9-14(3)4)13(16)18-6-2/h11H,5-10H2,1-4H3. The van der Waals surface area contributed by atoms with E-state index in [4.69, 9.17) is 9.47 Å². The molecule has 0 amide bonds. The van der Waals surface area contributed by atoms with Gasteiger partial charge in [-0.1, -0.05) is 13.3 Å². The highest BCUT2D eigenvalue weighted by Gasteiger charge is 2.28. The Morgan fingerprint density at radius 1 is 1.22 bits per heavy atom. The van der Waals surface area contributed by atoms with Gasteiger partial charge in [0.1, 0.15) is 12.5 Å². The molecule has 1 atom stereocenters. The van der Waals surface area contributed by atoms with E-state index >= 15 is 0 Å². The zero-order valence-electron chi connectivity index (χ0n) is 11.9. The van der Waals surface area contributed by atoms with Crippen LogP contribution in [0.15, 0.2) is 0 Å². The summed E-state index contributed by atoms with van der Waals surface area (Å²) in [5, 5.41) is 0. The van der Waals surface area contributed by atoms with Crippen LogP contribution in [-0.2, 0) is 19.1 Å². The predicted molar refractivity (Wildman–Crippen MR) is 69.4 cm³/mol. The smallest absolute Gasteiger partial charge is 0.317 e. The fourth-order valence-corrected chi connectivity index (χ4v) is 1.44. The van der Waals surface area contributed by atoms with Gasteiger partial charge in [-0.05, 0) is 27.4 Å². The Labute approximate surface area is 109 Å². The lowest BCUT2D eigenvalue weighted by atomic mass is 10.0. The number of nitrogens with zero attached hydrogens (tertiary/aromatic N) is 1. The summed E-state index contributed by atoms with van der Waals surface area (Å²) in [6.45, 7) is 4.96. The van der Waals surface area contributed by atoms with Crippen LogP contribution in [-0.4, -0.2) is 57.1 Å². The molecule has 5 heteroatoms. The first-order chi connectivity index (χ1) is 8.52. The first-order valence-electron chi connectivity index (χ1n) is 6.44. The molecule has 0 saturated heterocycles. The monoisotopic (exact) mass is 259 g/mol. The average Bonchev–Trinajstić information content (AvgIpc) is 2.31. The van der Waals surface area contributed by atoms with E-state index in [0.29, 0.717) is 13.2 Å². The highest BCUT2D eigenvalue weighted by atomic mass is 16.5. The van der Waals surface area contributed by atoms with Crippen LogP contribution in [0.1, 0.15) is 26.7 Å². The van der Waals surface area contributed by atoms with Gasteiger partial charge < -0.3 is 14.4 Å². The van der Waals surface area contributed by atoms with E-state index in [1.54, 1.807) is 11.8 Å². The van der Waals surface area contributed by atoms with E-state index in [-0.39, 0.29) is 19.0 Å². The van der Waals surface area contributed by atoms with Crippen molar-refractivity contribution in [2.24, 2.45) is 5.92 Å². The first-order valence-corrected chi connectivity index (χ1v) is 6.44. The van der Waals surface area contributed by atoms with E-state index in [1.807, 2.05) is 14.1 Å². The maximum atomic E-state index is 11.9. The van der Waals surface area contributed by atoms with Crippen LogP contribution in [0.5, 0.6) is 0 Å².